The number of rotatable bonds is 4. The van der Waals surface area contributed by atoms with Gasteiger partial charge in [-0.1, -0.05) is 6.07 Å². The molecule has 0 aliphatic heterocycles. The van der Waals surface area contributed by atoms with Crippen LogP contribution < -0.4 is 4.90 Å². The molecule has 0 unspecified atom stereocenters. The number of halogens is 1. The molecule has 3 rings (SSSR count). The van der Waals surface area contributed by atoms with Gasteiger partial charge in [-0.15, -0.1) is 11.3 Å². The minimum atomic E-state index is -0.324. The number of anilines is 1. The molecule has 1 aromatic carbocycles. The first-order chi connectivity index (χ1) is 11.5. The molecular weight excluding hydrogens is 323 g/mol. The molecule has 0 aliphatic carbocycles. The van der Waals surface area contributed by atoms with Crippen LogP contribution in [0, 0.1) is 19.7 Å². The van der Waals surface area contributed by atoms with Gasteiger partial charge < -0.3 is 4.90 Å². The highest BCUT2D eigenvalue weighted by Crippen LogP contribution is 2.23. The molecule has 1 amide bonds. The number of pyridine rings is 1. The van der Waals surface area contributed by atoms with Gasteiger partial charge in [0.05, 0.1) is 17.8 Å². The second kappa shape index (κ2) is 6.93. The van der Waals surface area contributed by atoms with Crippen molar-refractivity contribution in [2.75, 3.05) is 4.90 Å². The fourth-order valence-corrected chi connectivity index (χ4v) is 3.21. The third-order valence-electron chi connectivity index (χ3n) is 3.73. The van der Waals surface area contributed by atoms with Gasteiger partial charge in [0.2, 0.25) is 0 Å². The summed E-state index contributed by atoms with van der Waals surface area (Å²) in [7, 11) is 0. The molecule has 0 radical (unpaired) electrons. The van der Waals surface area contributed by atoms with E-state index in [2.05, 4.69) is 4.98 Å². The van der Waals surface area contributed by atoms with Gasteiger partial charge in [0.1, 0.15) is 5.82 Å². The monoisotopic (exact) mass is 340 g/mol. The number of thiophene rings is 1. The number of aryl methyl sites for hydroxylation is 2. The minimum absolute atomic E-state index is 0.139. The van der Waals surface area contributed by atoms with Crippen LogP contribution in [0.3, 0.4) is 0 Å². The highest BCUT2D eigenvalue weighted by atomic mass is 32.1. The highest BCUT2D eigenvalue weighted by molar-refractivity contribution is 7.09. The van der Waals surface area contributed by atoms with Crippen molar-refractivity contribution in [2.24, 2.45) is 0 Å². The number of carbonyl (C=O) groups is 1. The summed E-state index contributed by atoms with van der Waals surface area (Å²) in [5.74, 6) is -0.463. The average Bonchev–Trinajstić information content (AvgIpc) is 3.06. The zero-order valence-electron chi connectivity index (χ0n) is 13.5. The van der Waals surface area contributed by atoms with Gasteiger partial charge in [0, 0.05) is 16.3 Å². The van der Waals surface area contributed by atoms with Gasteiger partial charge in [-0.3, -0.25) is 9.78 Å². The summed E-state index contributed by atoms with van der Waals surface area (Å²) >= 11 is 1.58. The SMILES string of the molecule is Cc1ccc(C(=O)N(Cc2cccs2)c2ccc(F)cc2)c(C)n1. The topological polar surface area (TPSA) is 33.2 Å². The molecule has 2 aromatic heterocycles. The van der Waals surface area contributed by atoms with Crippen molar-refractivity contribution in [1.29, 1.82) is 0 Å². The van der Waals surface area contributed by atoms with E-state index in [1.54, 1.807) is 34.4 Å². The van der Waals surface area contributed by atoms with Crippen molar-refractivity contribution in [3.8, 4) is 0 Å². The van der Waals surface area contributed by atoms with E-state index in [1.165, 1.54) is 12.1 Å². The van der Waals surface area contributed by atoms with E-state index in [-0.39, 0.29) is 11.7 Å². The Bertz CT molecular complexity index is 844. The van der Waals surface area contributed by atoms with Gasteiger partial charge in [0.25, 0.3) is 5.91 Å². The zero-order valence-corrected chi connectivity index (χ0v) is 14.3. The fraction of sp³-hybridized carbons (Fsp3) is 0.158. The summed E-state index contributed by atoms with van der Waals surface area (Å²) in [6.45, 7) is 4.16. The molecule has 0 N–H and O–H groups in total. The van der Waals surface area contributed by atoms with Gasteiger partial charge in [0.15, 0.2) is 0 Å². The first-order valence-electron chi connectivity index (χ1n) is 7.58. The van der Waals surface area contributed by atoms with E-state index >= 15 is 0 Å². The lowest BCUT2D eigenvalue weighted by Gasteiger charge is -2.23. The van der Waals surface area contributed by atoms with Crippen LogP contribution in [0.15, 0.2) is 53.9 Å². The lowest BCUT2D eigenvalue weighted by atomic mass is 10.1. The van der Waals surface area contributed by atoms with Crippen molar-refractivity contribution in [3.05, 3.63) is 81.6 Å². The third-order valence-corrected chi connectivity index (χ3v) is 4.59. The average molecular weight is 340 g/mol. The van der Waals surface area contributed by atoms with E-state index in [1.807, 2.05) is 37.4 Å². The first-order valence-corrected chi connectivity index (χ1v) is 8.46. The summed E-state index contributed by atoms with van der Waals surface area (Å²) in [4.78, 5) is 20.2. The molecule has 0 saturated carbocycles. The van der Waals surface area contributed by atoms with Crippen molar-refractivity contribution < 1.29 is 9.18 Å². The van der Waals surface area contributed by atoms with E-state index in [0.29, 0.717) is 23.5 Å². The molecule has 0 aliphatic rings. The van der Waals surface area contributed by atoms with Crippen molar-refractivity contribution in [1.82, 2.24) is 4.98 Å². The molecule has 3 aromatic rings. The fourth-order valence-electron chi connectivity index (χ4n) is 2.52. The second-order valence-electron chi connectivity index (χ2n) is 5.53. The van der Waals surface area contributed by atoms with Crippen LogP contribution in [0.4, 0.5) is 10.1 Å². The zero-order chi connectivity index (χ0) is 17.1. The predicted octanol–water partition coefficient (Wildman–Crippen LogP) is 4.75. The van der Waals surface area contributed by atoms with Crippen LogP contribution in [0.1, 0.15) is 26.6 Å². The summed E-state index contributed by atoms with van der Waals surface area (Å²) in [5.41, 5.74) is 2.78. The predicted molar refractivity (Wildman–Crippen MR) is 94.9 cm³/mol. The van der Waals surface area contributed by atoms with Gasteiger partial charge in [-0.25, -0.2) is 4.39 Å². The molecule has 0 fully saturated rings. The maximum absolute atomic E-state index is 13.2. The van der Waals surface area contributed by atoms with E-state index in [0.717, 1.165) is 10.6 Å². The Balaban J connectivity index is 1.99. The van der Waals surface area contributed by atoms with E-state index < -0.39 is 0 Å². The molecule has 24 heavy (non-hydrogen) atoms. The lowest BCUT2D eigenvalue weighted by molar-refractivity contribution is 0.0984. The summed E-state index contributed by atoms with van der Waals surface area (Å²) < 4.78 is 13.2. The number of hydrogen-bond donors (Lipinski definition) is 0. The Kier molecular flexibility index (Phi) is 4.71. The van der Waals surface area contributed by atoms with Crippen LogP contribution in [-0.4, -0.2) is 10.9 Å². The standard InChI is InChI=1S/C19H17FN2OS/c1-13-5-10-18(14(2)21-13)19(23)22(12-17-4-3-11-24-17)16-8-6-15(20)7-9-16/h3-11H,12H2,1-2H3. The summed E-state index contributed by atoms with van der Waals surface area (Å²) in [6, 6.07) is 13.5. The van der Waals surface area contributed by atoms with Gasteiger partial charge in [-0.05, 0) is 61.7 Å². The summed E-state index contributed by atoms with van der Waals surface area (Å²) in [6.07, 6.45) is 0. The maximum atomic E-state index is 13.2. The smallest absolute Gasteiger partial charge is 0.260 e. The van der Waals surface area contributed by atoms with Crippen molar-refractivity contribution >= 4 is 22.9 Å². The molecule has 3 nitrogen and oxygen atoms in total. The number of hydrogen-bond acceptors (Lipinski definition) is 3. The van der Waals surface area contributed by atoms with Crippen LogP contribution in [-0.2, 0) is 6.54 Å². The van der Waals surface area contributed by atoms with Crippen LogP contribution in [0.25, 0.3) is 0 Å². The van der Waals surface area contributed by atoms with Crippen molar-refractivity contribution in [2.45, 2.75) is 20.4 Å². The van der Waals surface area contributed by atoms with Crippen LogP contribution in [0.2, 0.25) is 0 Å². The minimum Gasteiger partial charge on any atom is -0.303 e. The third kappa shape index (κ3) is 3.51. The number of nitrogens with zero attached hydrogens (tertiary/aromatic N) is 2. The summed E-state index contributed by atoms with van der Waals surface area (Å²) in [5, 5.41) is 1.97. The maximum Gasteiger partial charge on any atom is 0.260 e. The number of amides is 1. The molecule has 0 atom stereocenters. The number of carbonyl (C=O) groups excluding carboxylic acids is 1. The molecule has 5 heteroatoms. The highest BCUT2D eigenvalue weighted by Gasteiger charge is 2.21. The molecule has 122 valence electrons. The lowest BCUT2D eigenvalue weighted by Crippen LogP contribution is -2.31. The Morgan fingerprint density at radius 3 is 2.50 bits per heavy atom. The molecule has 0 bridgehead atoms. The Hall–Kier alpha value is -2.53. The number of benzene rings is 1. The van der Waals surface area contributed by atoms with E-state index in [9.17, 15) is 9.18 Å². The van der Waals surface area contributed by atoms with Gasteiger partial charge >= 0.3 is 0 Å². The number of aromatic nitrogens is 1. The van der Waals surface area contributed by atoms with Crippen LogP contribution >= 0.6 is 11.3 Å². The Morgan fingerprint density at radius 2 is 1.88 bits per heavy atom. The van der Waals surface area contributed by atoms with Crippen molar-refractivity contribution in [3.63, 3.8) is 0 Å². The largest absolute Gasteiger partial charge is 0.303 e. The van der Waals surface area contributed by atoms with E-state index in [4.69, 9.17) is 0 Å². The molecule has 2 heterocycles. The molecular formula is C19H17FN2OS. The Morgan fingerprint density at radius 1 is 1.12 bits per heavy atom. The molecule has 0 spiro atoms. The molecule has 0 saturated heterocycles. The quantitative estimate of drug-likeness (QED) is 0.687. The van der Waals surface area contributed by atoms with Gasteiger partial charge in [-0.2, -0.15) is 0 Å². The second-order valence-corrected chi connectivity index (χ2v) is 6.56. The normalized spacial score (nSPS) is 10.6. The Labute approximate surface area is 144 Å². The first kappa shape index (κ1) is 16.3. The van der Waals surface area contributed by atoms with Crippen LogP contribution in [0.5, 0.6) is 0 Å².